The molecule has 2 aromatic carbocycles. The average Bonchev–Trinajstić information content (AvgIpc) is 3.30. The second-order valence-electron chi connectivity index (χ2n) is 7.96. The molecule has 1 saturated heterocycles. The Bertz CT molecular complexity index is 1000. The van der Waals surface area contributed by atoms with Crippen LogP contribution in [-0.2, 0) is 0 Å². The van der Waals surface area contributed by atoms with E-state index in [1.807, 2.05) is 35.2 Å². The van der Waals surface area contributed by atoms with Crippen LogP contribution in [0.2, 0.25) is 0 Å². The molecular weight excluding hydrogens is 388 g/mol. The van der Waals surface area contributed by atoms with Crippen LogP contribution in [-0.4, -0.2) is 53.8 Å². The van der Waals surface area contributed by atoms with E-state index in [1.165, 1.54) is 11.3 Å². The zero-order chi connectivity index (χ0) is 21.6. The summed E-state index contributed by atoms with van der Waals surface area (Å²) in [5.41, 5.74) is 4.77. The molecule has 1 N–H and O–H groups in total. The van der Waals surface area contributed by atoms with Crippen LogP contribution >= 0.6 is 0 Å². The van der Waals surface area contributed by atoms with E-state index in [0.29, 0.717) is 18.8 Å². The van der Waals surface area contributed by atoms with Gasteiger partial charge in [-0.05, 0) is 55.3 Å². The minimum Gasteiger partial charge on any atom is -0.494 e. The first-order valence-electron chi connectivity index (χ1n) is 11.0. The van der Waals surface area contributed by atoms with E-state index in [4.69, 9.17) is 4.74 Å². The van der Waals surface area contributed by atoms with E-state index >= 15 is 0 Å². The number of nitrogens with one attached hydrogen (secondary N) is 1. The molecule has 0 spiro atoms. The van der Waals surface area contributed by atoms with Gasteiger partial charge in [0.15, 0.2) is 0 Å². The van der Waals surface area contributed by atoms with Crippen molar-refractivity contribution in [2.45, 2.75) is 26.7 Å². The molecule has 162 valence electrons. The van der Waals surface area contributed by atoms with Crippen molar-refractivity contribution in [3.8, 4) is 17.0 Å². The molecule has 1 aliphatic heterocycles. The number of rotatable bonds is 7. The maximum atomic E-state index is 13.0. The monoisotopic (exact) mass is 418 g/mol. The summed E-state index contributed by atoms with van der Waals surface area (Å²) in [6.07, 6.45) is 2.16. The van der Waals surface area contributed by atoms with Crippen LogP contribution < -0.4 is 9.64 Å². The van der Waals surface area contributed by atoms with Crippen molar-refractivity contribution < 1.29 is 9.53 Å². The number of H-pyrrole nitrogens is 1. The zero-order valence-electron chi connectivity index (χ0n) is 18.3. The molecule has 0 radical (unpaired) electrons. The van der Waals surface area contributed by atoms with Gasteiger partial charge >= 0.3 is 0 Å². The van der Waals surface area contributed by atoms with Gasteiger partial charge in [-0.1, -0.05) is 31.5 Å². The number of unbranched alkanes of at least 4 members (excludes halogenated alkanes) is 1. The number of aromatic amines is 1. The molecule has 1 fully saturated rings. The molecule has 1 aliphatic rings. The number of carbonyl (C=O) groups excluding carboxylic acids is 1. The fourth-order valence-corrected chi connectivity index (χ4v) is 3.87. The smallest absolute Gasteiger partial charge is 0.272 e. The SMILES string of the molecule is CCCCOc1ccc(-c2cc(C(=O)N3CCN(c4ccccc4C)CC3)[nH]n2)cc1. The lowest BCUT2D eigenvalue weighted by atomic mass is 10.1. The Morgan fingerprint density at radius 1 is 1.06 bits per heavy atom. The Kier molecular flexibility index (Phi) is 6.55. The molecule has 0 saturated carbocycles. The number of ether oxygens (including phenoxy) is 1. The topological polar surface area (TPSA) is 61.5 Å². The van der Waals surface area contributed by atoms with Gasteiger partial charge in [-0.15, -0.1) is 0 Å². The number of amides is 1. The van der Waals surface area contributed by atoms with Crippen LogP contribution in [0.3, 0.4) is 0 Å². The van der Waals surface area contributed by atoms with Crippen LogP contribution in [0.1, 0.15) is 35.8 Å². The zero-order valence-corrected chi connectivity index (χ0v) is 18.3. The van der Waals surface area contributed by atoms with Crippen molar-refractivity contribution in [3.05, 3.63) is 65.9 Å². The van der Waals surface area contributed by atoms with Crippen LogP contribution in [0, 0.1) is 6.92 Å². The minimum atomic E-state index is 0.00250. The van der Waals surface area contributed by atoms with E-state index in [9.17, 15) is 4.79 Å². The first-order chi connectivity index (χ1) is 15.2. The maximum absolute atomic E-state index is 13.0. The number of piperazine rings is 1. The Labute approximate surface area is 183 Å². The number of nitrogens with zero attached hydrogens (tertiary/aromatic N) is 3. The summed E-state index contributed by atoms with van der Waals surface area (Å²) in [6, 6.07) is 18.1. The van der Waals surface area contributed by atoms with Gasteiger partial charge in [-0.25, -0.2) is 0 Å². The first-order valence-corrected chi connectivity index (χ1v) is 11.0. The molecule has 0 bridgehead atoms. The fourth-order valence-electron chi connectivity index (χ4n) is 3.87. The summed E-state index contributed by atoms with van der Waals surface area (Å²) in [5, 5.41) is 7.28. The third-order valence-corrected chi connectivity index (χ3v) is 5.75. The predicted octanol–water partition coefficient (Wildman–Crippen LogP) is 4.53. The Balaban J connectivity index is 1.36. The number of para-hydroxylation sites is 1. The number of anilines is 1. The number of carbonyl (C=O) groups is 1. The van der Waals surface area contributed by atoms with E-state index in [2.05, 4.69) is 53.2 Å². The molecule has 4 rings (SSSR count). The van der Waals surface area contributed by atoms with Gasteiger partial charge in [0.2, 0.25) is 0 Å². The van der Waals surface area contributed by atoms with E-state index in [-0.39, 0.29) is 5.91 Å². The lowest BCUT2D eigenvalue weighted by Crippen LogP contribution is -2.49. The summed E-state index contributed by atoms with van der Waals surface area (Å²) in [7, 11) is 0. The third kappa shape index (κ3) is 4.90. The molecule has 2 heterocycles. The van der Waals surface area contributed by atoms with Crippen molar-refractivity contribution >= 4 is 11.6 Å². The van der Waals surface area contributed by atoms with Gasteiger partial charge < -0.3 is 14.5 Å². The normalized spacial score (nSPS) is 14.0. The summed E-state index contributed by atoms with van der Waals surface area (Å²) in [6.45, 7) is 8.06. The number of hydrogen-bond acceptors (Lipinski definition) is 4. The largest absolute Gasteiger partial charge is 0.494 e. The number of benzene rings is 2. The van der Waals surface area contributed by atoms with Crippen molar-refractivity contribution in [1.82, 2.24) is 15.1 Å². The Hall–Kier alpha value is -3.28. The molecule has 0 atom stereocenters. The quantitative estimate of drug-likeness (QED) is 0.573. The van der Waals surface area contributed by atoms with E-state index in [0.717, 1.165) is 49.5 Å². The highest BCUT2D eigenvalue weighted by Gasteiger charge is 2.24. The van der Waals surface area contributed by atoms with Crippen LogP contribution in [0.15, 0.2) is 54.6 Å². The molecule has 0 aliphatic carbocycles. The van der Waals surface area contributed by atoms with Gasteiger partial charge in [-0.3, -0.25) is 9.89 Å². The first kappa shape index (κ1) is 21.0. The van der Waals surface area contributed by atoms with Crippen LogP contribution in [0.5, 0.6) is 5.75 Å². The van der Waals surface area contributed by atoms with Gasteiger partial charge in [0.05, 0.1) is 12.3 Å². The fraction of sp³-hybridized carbons (Fsp3) is 0.360. The predicted molar refractivity (Wildman–Crippen MR) is 124 cm³/mol. The molecule has 31 heavy (non-hydrogen) atoms. The van der Waals surface area contributed by atoms with E-state index in [1.54, 1.807) is 0 Å². The standard InChI is InChI=1S/C25H30N4O2/c1-3-4-17-31-21-11-9-20(10-12-21)22-18-23(27-26-22)25(30)29-15-13-28(14-16-29)24-8-6-5-7-19(24)2/h5-12,18H,3-4,13-17H2,1-2H3,(H,26,27). The summed E-state index contributed by atoms with van der Waals surface area (Å²) < 4.78 is 5.72. The number of aromatic nitrogens is 2. The van der Waals surface area contributed by atoms with Crippen molar-refractivity contribution in [2.75, 3.05) is 37.7 Å². The highest BCUT2D eigenvalue weighted by molar-refractivity contribution is 5.93. The Morgan fingerprint density at radius 3 is 2.52 bits per heavy atom. The van der Waals surface area contributed by atoms with Crippen LogP contribution in [0.4, 0.5) is 5.69 Å². The van der Waals surface area contributed by atoms with Crippen molar-refractivity contribution in [2.24, 2.45) is 0 Å². The van der Waals surface area contributed by atoms with Gasteiger partial charge in [0, 0.05) is 37.4 Å². The Morgan fingerprint density at radius 2 is 1.81 bits per heavy atom. The molecule has 1 aromatic heterocycles. The van der Waals surface area contributed by atoms with Gasteiger partial charge in [-0.2, -0.15) is 5.10 Å². The van der Waals surface area contributed by atoms with E-state index < -0.39 is 0 Å². The maximum Gasteiger partial charge on any atom is 0.272 e. The number of aryl methyl sites for hydroxylation is 1. The summed E-state index contributed by atoms with van der Waals surface area (Å²) >= 11 is 0. The number of hydrogen-bond donors (Lipinski definition) is 1. The minimum absolute atomic E-state index is 0.00250. The second kappa shape index (κ2) is 9.69. The summed E-state index contributed by atoms with van der Waals surface area (Å²) in [5.74, 6) is 0.860. The average molecular weight is 419 g/mol. The third-order valence-electron chi connectivity index (χ3n) is 5.75. The highest BCUT2D eigenvalue weighted by atomic mass is 16.5. The second-order valence-corrected chi connectivity index (χ2v) is 7.96. The molecule has 6 heteroatoms. The molecule has 3 aromatic rings. The van der Waals surface area contributed by atoms with Crippen LogP contribution in [0.25, 0.3) is 11.3 Å². The van der Waals surface area contributed by atoms with Gasteiger partial charge in [0.25, 0.3) is 5.91 Å². The van der Waals surface area contributed by atoms with Gasteiger partial charge in [0.1, 0.15) is 11.4 Å². The lowest BCUT2D eigenvalue weighted by molar-refractivity contribution is 0.0741. The molecule has 6 nitrogen and oxygen atoms in total. The molecule has 1 amide bonds. The lowest BCUT2D eigenvalue weighted by Gasteiger charge is -2.36. The van der Waals surface area contributed by atoms with Crippen molar-refractivity contribution in [3.63, 3.8) is 0 Å². The van der Waals surface area contributed by atoms with Crippen molar-refractivity contribution in [1.29, 1.82) is 0 Å². The molecule has 0 unspecified atom stereocenters. The molecular formula is C25H30N4O2. The highest BCUT2D eigenvalue weighted by Crippen LogP contribution is 2.24. The summed E-state index contributed by atoms with van der Waals surface area (Å²) in [4.78, 5) is 17.2.